The average Bonchev–Trinajstić information content (AvgIpc) is 2.33. The van der Waals surface area contributed by atoms with Crippen molar-refractivity contribution in [1.82, 2.24) is 0 Å². The van der Waals surface area contributed by atoms with E-state index in [4.69, 9.17) is 0 Å². The normalized spacial score (nSPS) is 10.4. The van der Waals surface area contributed by atoms with E-state index in [1.54, 1.807) is 0 Å². The van der Waals surface area contributed by atoms with Gasteiger partial charge in [-0.3, -0.25) is 4.79 Å². The van der Waals surface area contributed by atoms with Crippen molar-refractivity contribution < 1.29 is 18.0 Å². The zero-order valence-corrected chi connectivity index (χ0v) is 9.81. The molecule has 0 spiro atoms. The maximum Gasteiger partial charge on any atom is 0.150 e. The highest BCUT2D eigenvalue weighted by molar-refractivity contribution is 7.99. The molecule has 0 aromatic heterocycles. The minimum absolute atomic E-state index is 0.0393. The van der Waals surface area contributed by atoms with Crippen LogP contribution in [0.4, 0.5) is 13.2 Å². The molecular weight excluding hydrogens is 261 g/mol. The Morgan fingerprint density at radius 2 is 1.72 bits per heavy atom. The van der Waals surface area contributed by atoms with E-state index in [0.717, 1.165) is 42.1 Å². The molecule has 0 aliphatic heterocycles. The summed E-state index contributed by atoms with van der Waals surface area (Å²) in [5, 5.41) is 0. The summed E-state index contributed by atoms with van der Waals surface area (Å²) in [6, 6.07) is 6.65. The SMILES string of the molecule is O=Cc1cc(F)cc(Sc2cc(F)ccc2F)c1. The van der Waals surface area contributed by atoms with Gasteiger partial charge < -0.3 is 0 Å². The van der Waals surface area contributed by atoms with Crippen LogP contribution >= 0.6 is 11.8 Å². The molecule has 0 saturated carbocycles. The van der Waals surface area contributed by atoms with Gasteiger partial charge in [0.2, 0.25) is 0 Å². The molecule has 0 N–H and O–H groups in total. The predicted octanol–water partition coefficient (Wildman–Crippen LogP) is 4.07. The third-order valence-corrected chi connectivity index (χ3v) is 3.15. The molecule has 2 aromatic rings. The summed E-state index contributed by atoms with van der Waals surface area (Å²) in [4.78, 5) is 10.9. The van der Waals surface area contributed by atoms with E-state index in [1.165, 1.54) is 6.07 Å². The van der Waals surface area contributed by atoms with Gasteiger partial charge in [0, 0.05) is 10.5 Å². The number of halogens is 3. The summed E-state index contributed by atoms with van der Waals surface area (Å²) in [6.45, 7) is 0. The first-order valence-electron chi connectivity index (χ1n) is 4.97. The molecule has 92 valence electrons. The molecule has 0 heterocycles. The van der Waals surface area contributed by atoms with Crippen molar-refractivity contribution in [2.75, 3.05) is 0 Å². The monoisotopic (exact) mass is 268 g/mol. The Morgan fingerprint density at radius 3 is 2.44 bits per heavy atom. The molecule has 2 rings (SSSR count). The lowest BCUT2D eigenvalue weighted by Crippen LogP contribution is -1.87. The summed E-state index contributed by atoms with van der Waals surface area (Å²) in [5.74, 6) is -1.77. The van der Waals surface area contributed by atoms with Crippen molar-refractivity contribution in [3.63, 3.8) is 0 Å². The Bertz CT molecular complexity index is 599. The van der Waals surface area contributed by atoms with E-state index in [0.29, 0.717) is 11.2 Å². The highest BCUT2D eigenvalue weighted by atomic mass is 32.2. The fourth-order valence-corrected chi connectivity index (χ4v) is 2.35. The molecule has 0 aliphatic rings. The number of aldehydes is 1. The largest absolute Gasteiger partial charge is 0.298 e. The molecule has 0 fully saturated rings. The zero-order chi connectivity index (χ0) is 13.1. The molecule has 18 heavy (non-hydrogen) atoms. The summed E-state index contributed by atoms with van der Waals surface area (Å²) < 4.78 is 39.5. The van der Waals surface area contributed by atoms with E-state index in [9.17, 15) is 18.0 Å². The molecule has 2 aromatic carbocycles. The van der Waals surface area contributed by atoms with Gasteiger partial charge in [0.25, 0.3) is 0 Å². The number of hydrogen-bond donors (Lipinski definition) is 0. The second kappa shape index (κ2) is 5.27. The minimum Gasteiger partial charge on any atom is -0.298 e. The van der Waals surface area contributed by atoms with Gasteiger partial charge in [-0.25, -0.2) is 13.2 Å². The Labute approximate surface area is 106 Å². The number of carbonyl (C=O) groups excluding carboxylic acids is 1. The van der Waals surface area contributed by atoms with Crippen molar-refractivity contribution in [2.24, 2.45) is 0 Å². The smallest absolute Gasteiger partial charge is 0.150 e. The van der Waals surface area contributed by atoms with Crippen LogP contribution in [0, 0.1) is 17.5 Å². The molecule has 0 bridgehead atoms. The maximum atomic E-state index is 13.4. The van der Waals surface area contributed by atoms with Crippen molar-refractivity contribution >= 4 is 18.0 Å². The van der Waals surface area contributed by atoms with Crippen LogP contribution in [0.1, 0.15) is 10.4 Å². The Kier molecular flexibility index (Phi) is 3.72. The Balaban J connectivity index is 2.36. The number of rotatable bonds is 3. The number of benzene rings is 2. The van der Waals surface area contributed by atoms with Crippen LogP contribution in [-0.2, 0) is 0 Å². The Hall–Kier alpha value is -1.75. The summed E-state index contributed by atoms with van der Waals surface area (Å²) in [7, 11) is 0. The van der Waals surface area contributed by atoms with E-state index in [1.807, 2.05) is 0 Å². The molecule has 0 radical (unpaired) electrons. The van der Waals surface area contributed by atoms with Crippen molar-refractivity contribution in [3.8, 4) is 0 Å². The number of carbonyl (C=O) groups is 1. The molecular formula is C13H7F3OS. The van der Waals surface area contributed by atoms with Gasteiger partial charge in [-0.15, -0.1) is 0 Å². The van der Waals surface area contributed by atoms with Gasteiger partial charge in [0.15, 0.2) is 0 Å². The van der Waals surface area contributed by atoms with Crippen LogP contribution < -0.4 is 0 Å². The van der Waals surface area contributed by atoms with Crippen molar-refractivity contribution in [1.29, 1.82) is 0 Å². The lowest BCUT2D eigenvalue weighted by molar-refractivity contribution is 0.112. The molecule has 5 heteroatoms. The first kappa shape index (κ1) is 12.7. The van der Waals surface area contributed by atoms with Gasteiger partial charge in [-0.05, 0) is 36.4 Å². The van der Waals surface area contributed by atoms with Crippen LogP contribution in [-0.4, -0.2) is 6.29 Å². The molecule has 1 nitrogen and oxygen atoms in total. The van der Waals surface area contributed by atoms with Gasteiger partial charge in [0.1, 0.15) is 23.7 Å². The summed E-state index contributed by atoms with van der Waals surface area (Å²) in [6.07, 6.45) is 0.495. The lowest BCUT2D eigenvalue weighted by Gasteiger charge is -2.04. The number of hydrogen-bond acceptors (Lipinski definition) is 2. The van der Waals surface area contributed by atoms with Gasteiger partial charge >= 0.3 is 0 Å². The second-order valence-corrected chi connectivity index (χ2v) is 4.63. The van der Waals surface area contributed by atoms with Crippen LogP contribution in [0.5, 0.6) is 0 Å². The first-order valence-corrected chi connectivity index (χ1v) is 5.79. The average molecular weight is 268 g/mol. The Morgan fingerprint density at radius 1 is 0.944 bits per heavy atom. The second-order valence-electron chi connectivity index (χ2n) is 3.51. The van der Waals surface area contributed by atoms with Gasteiger partial charge in [-0.2, -0.15) is 0 Å². The van der Waals surface area contributed by atoms with E-state index in [-0.39, 0.29) is 10.5 Å². The van der Waals surface area contributed by atoms with Crippen LogP contribution in [0.25, 0.3) is 0 Å². The van der Waals surface area contributed by atoms with E-state index < -0.39 is 17.5 Å². The molecule has 0 unspecified atom stereocenters. The maximum absolute atomic E-state index is 13.4. The minimum atomic E-state index is -0.599. The zero-order valence-electron chi connectivity index (χ0n) is 8.99. The first-order chi connectivity index (χ1) is 8.58. The standard InChI is InChI=1S/C13H7F3OS/c14-9-1-2-12(16)13(6-9)18-11-4-8(7-17)3-10(15)5-11/h1-7H. The topological polar surface area (TPSA) is 17.1 Å². The molecule has 0 amide bonds. The molecule has 0 saturated heterocycles. The predicted molar refractivity (Wildman–Crippen MR) is 62.3 cm³/mol. The van der Waals surface area contributed by atoms with Crippen molar-refractivity contribution in [3.05, 3.63) is 59.4 Å². The van der Waals surface area contributed by atoms with E-state index >= 15 is 0 Å². The highest BCUT2D eigenvalue weighted by Crippen LogP contribution is 2.31. The summed E-state index contributed by atoms with van der Waals surface area (Å²) >= 11 is 0.858. The summed E-state index contributed by atoms with van der Waals surface area (Å²) in [5.41, 5.74) is 0.148. The lowest BCUT2D eigenvalue weighted by atomic mass is 10.2. The van der Waals surface area contributed by atoms with Crippen molar-refractivity contribution in [2.45, 2.75) is 9.79 Å². The van der Waals surface area contributed by atoms with Gasteiger partial charge in [-0.1, -0.05) is 11.8 Å². The van der Waals surface area contributed by atoms with E-state index in [2.05, 4.69) is 0 Å². The van der Waals surface area contributed by atoms with Crippen LogP contribution in [0.3, 0.4) is 0 Å². The third-order valence-electron chi connectivity index (χ3n) is 2.15. The highest BCUT2D eigenvalue weighted by Gasteiger charge is 2.08. The molecule has 0 atom stereocenters. The fourth-order valence-electron chi connectivity index (χ4n) is 1.39. The quantitative estimate of drug-likeness (QED) is 0.781. The fraction of sp³-hybridized carbons (Fsp3) is 0. The molecule has 0 aliphatic carbocycles. The van der Waals surface area contributed by atoms with Crippen LogP contribution in [0.15, 0.2) is 46.2 Å². The van der Waals surface area contributed by atoms with Gasteiger partial charge in [0.05, 0.1) is 4.90 Å². The third kappa shape index (κ3) is 2.92. The van der Waals surface area contributed by atoms with Crippen LogP contribution in [0.2, 0.25) is 0 Å².